The fourth-order valence-corrected chi connectivity index (χ4v) is 4.00. The zero-order chi connectivity index (χ0) is 10.3. The number of sulfone groups is 1. The summed E-state index contributed by atoms with van der Waals surface area (Å²) in [5, 5.41) is 0. The molecular weight excluding hydrogens is 188 g/mol. The normalized spacial score (nSPS) is 32.7. The van der Waals surface area contributed by atoms with Gasteiger partial charge in [-0.3, -0.25) is 0 Å². The predicted octanol–water partition coefficient (Wildman–Crippen LogP) is 1.03. The molecule has 0 amide bonds. The van der Waals surface area contributed by atoms with Gasteiger partial charge in [-0.1, -0.05) is 6.92 Å². The summed E-state index contributed by atoms with van der Waals surface area (Å²) in [4.78, 5) is 10.6. The van der Waals surface area contributed by atoms with Gasteiger partial charge >= 0.3 is 0 Å². The van der Waals surface area contributed by atoms with Crippen LogP contribution in [0.1, 0.15) is 27.2 Å². The molecule has 2 atom stereocenters. The number of hydrogen-bond acceptors (Lipinski definition) is 3. The molecule has 0 radical (unpaired) electrons. The summed E-state index contributed by atoms with van der Waals surface area (Å²) < 4.78 is 22.5. The van der Waals surface area contributed by atoms with Crippen molar-refractivity contribution in [1.82, 2.24) is 0 Å². The van der Waals surface area contributed by atoms with E-state index in [0.717, 1.165) is 6.29 Å². The van der Waals surface area contributed by atoms with Crippen molar-refractivity contribution in [3.05, 3.63) is 0 Å². The Balaban J connectivity index is 3.01. The summed E-state index contributed by atoms with van der Waals surface area (Å²) >= 11 is 0. The quantitative estimate of drug-likeness (QED) is 0.631. The monoisotopic (exact) mass is 204 g/mol. The molecule has 0 aromatic carbocycles. The standard InChI is InChI=1S/C9H16O3S/c1-7(6-10)8-4-5-13(11,12)9(8,2)3/h6-8H,4-5H2,1-3H3. The van der Waals surface area contributed by atoms with Crippen molar-refractivity contribution in [3.63, 3.8) is 0 Å². The minimum Gasteiger partial charge on any atom is -0.303 e. The van der Waals surface area contributed by atoms with Crippen molar-refractivity contribution in [1.29, 1.82) is 0 Å². The molecule has 1 rings (SSSR count). The Morgan fingerprint density at radius 3 is 2.31 bits per heavy atom. The van der Waals surface area contributed by atoms with E-state index >= 15 is 0 Å². The van der Waals surface area contributed by atoms with E-state index in [2.05, 4.69) is 0 Å². The first kappa shape index (κ1) is 10.7. The molecule has 0 N–H and O–H groups in total. The number of rotatable bonds is 2. The minimum absolute atomic E-state index is 0.0185. The first-order valence-electron chi connectivity index (χ1n) is 4.50. The lowest BCUT2D eigenvalue weighted by atomic mass is 9.83. The van der Waals surface area contributed by atoms with Gasteiger partial charge in [0.05, 0.1) is 10.5 Å². The van der Waals surface area contributed by atoms with Crippen LogP contribution >= 0.6 is 0 Å². The Hall–Kier alpha value is -0.380. The highest BCUT2D eigenvalue weighted by Crippen LogP contribution is 2.40. The van der Waals surface area contributed by atoms with Gasteiger partial charge in [-0.25, -0.2) is 8.42 Å². The summed E-state index contributed by atoms with van der Waals surface area (Å²) in [6, 6.07) is 0. The second-order valence-corrected chi connectivity index (χ2v) is 7.00. The topological polar surface area (TPSA) is 51.2 Å². The lowest BCUT2D eigenvalue weighted by molar-refractivity contribution is -0.112. The van der Waals surface area contributed by atoms with Gasteiger partial charge in [-0.05, 0) is 26.2 Å². The fourth-order valence-electron chi connectivity index (χ4n) is 2.11. The molecule has 0 spiro atoms. The largest absolute Gasteiger partial charge is 0.303 e. The van der Waals surface area contributed by atoms with E-state index in [0.29, 0.717) is 6.42 Å². The van der Waals surface area contributed by atoms with Gasteiger partial charge in [-0.15, -0.1) is 0 Å². The van der Waals surface area contributed by atoms with E-state index in [1.165, 1.54) is 0 Å². The first-order valence-corrected chi connectivity index (χ1v) is 6.16. The first-order chi connectivity index (χ1) is 5.83. The highest BCUT2D eigenvalue weighted by molar-refractivity contribution is 7.93. The second kappa shape index (κ2) is 3.08. The molecular formula is C9H16O3S. The van der Waals surface area contributed by atoms with E-state index in [1.54, 1.807) is 20.8 Å². The predicted molar refractivity (Wildman–Crippen MR) is 51.2 cm³/mol. The van der Waals surface area contributed by atoms with Gasteiger partial charge in [-0.2, -0.15) is 0 Å². The van der Waals surface area contributed by atoms with Crippen molar-refractivity contribution in [2.24, 2.45) is 11.8 Å². The van der Waals surface area contributed by atoms with Crippen LogP contribution in [0.25, 0.3) is 0 Å². The Morgan fingerprint density at radius 1 is 1.46 bits per heavy atom. The minimum atomic E-state index is -2.99. The van der Waals surface area contributed by atoms with E-state index in [-0.39, 0.29) is 17.6 Å². The van der Waals surface area contributed by atoms with Crippen molar-refractivity contribution >= 4 is 16.1 Å². The average molecular weight is 204 g/mol. The van der Waals surface area contributed by atoms with Crippen LogP contribution in [0, 0.1) is 11.8 Å². The highest BCUT2D eigenvalue weighted by atomic mass is 32.2. The molecule has 2 unspecified atom stereocenters. The smallest absolute Gasteiger partial charge is 0.155 e. The third kappa shape index (κ3) is 1.52. The average Bonchev–Trinajstić information content (AvgIpc) is 2.22. The van der Waals surface area contributed by atoms with Gasteiger partial charge in [0.2, 0.25) is 0 Å². The van der Waals surface area contributed by atoms with Crippen molar-refractivity contribution < 1.29 is 13.2 Å². The van der Waals surface area contributed by atoms with Gasteiger partial charge in [0.25, 0.3) is 0 Å². The van der Waals surface area contributed by atoms with Gasteiger partial charge in [0, 0.05) is 5.92 Å². The maximum Gasteiger partial charge on any atom is 0.155 e. The van der Waals surface area contributed by atoms with Crippen molar-refractivity contribution in [2.75, 3.05) is 5.75 Å². The molecule has 1 saturated heterocycles. The Kier molecular flexibility index (Phi) is 2.54. The number of carbonyl (C=O) groups is 1. The van der Waals surface area contributed by atoms with Gasteiger partial charge in [0.15, 0.2) is 9.84 Å². The lowest BCUT2D eigenvalue weighted by Crippen LogP contribution is -2.37. The lowest BCUT2D eigenvalue weighted by Gasteiger charge is -2.27. The van der Waals surface area contributed by atoms with E-state index in [1.807, 2.05) is 0 Å². The summed E-state index contributed by atoms with van der Waals surface area (Å²) in [5.74, 6) is 0.0466. The van der Waals surface area contributed by atoms with Crippen LogP contribution in [0.5, 0.6) is 0 Å². The zero-order valence-electron chi connectivity index (χ0n) is 8.28. The Bertz CT molecular complexity index is 303. The number of aldehydes is 1. The third-order valence-electron chi connectivity index (χ3n) is 3.24. The molecule has 1 fully saturated rings. The number of hydrogen-bond donors (Lipinski definition) is 0. The summed E-state index contributed by atoms with van der Waals surface area (Å²) in [5.41, 5.74) is 0. The van der Waals surface area contributed by atoms with Crippen molar-refractivity contribution in [3.8, 4) is 0 Å². The van der Waals surface area contributed by atoms with Gasteiger partial charge < -0.3 is 4.79 Å². The maximum absolute atomic E-state index is 11.6. The van der Waals surface area contributed by atoms with Crippen LogP contribution in [0.4, 0.5) is 0 Å². The van der Waals surface area contributed by atoms with E-state index in [9.17, 15) is 13.2 Å². The van der Waals surface area contributed by atoms with Gasteiger partial charge in [0.1, 0.15) is 6.29 Å². The molecule has 1 aliphatic rings. The SMILES string of the molecule is CC(C=O)C1CCS(=O)(=O)C1(C)C. The molecule has 0 aromatic rings. The molecule has 1 heterocycles. The highest BCUT2D eigenvalue weighted by Gasteiger charge is 2.49. The zero-order valence-corrected chi connectivity index (χ0v) is 9.10. The van der Waals surface area contributed by atoms with Crippen LogP contribution in [0.15, 0.2) is 0 Å². The van der Waals surface area contributed by atoms with Crippen LogP contribution in [-0.2, 0) is 14.6 Å². The number of carbonyl (C=O) groups excluding carboxylic acids is 1. The van der Waals surface area contributed by atoms with E-state index in [4.69, 9.17) is 0 Å². The Labute approximate surface area is 79.4 Å². The molecule has 0 aromatic heterocycles. The molecule has 1 aliphatic heterocycles. The molecule has 13 heavy (non-hydrogen) atoms. The van der Waals surface area contributed by atoms with Crippen LogP contribution in [0.3, 0.4) is 0 Å². The molecule has 0 bridgehead atoms. The molecule has 4 heteroatoms. The second-order valence-electron chi connectivity index (χ2n) is 4.31. The summed E-state index contributed by atoms with van der Waals surface area (Å²) in [6.45, 7) is 5.24. The molecule has 0 aliphatic carbocycles. The maximum atomic E-state index is 11.6. The van der Waals surface area contributed by atoms with Crippen LogP contribution in [-0.4, -0.2) is 25.2 Å². The summed E-state index contributed by atoms with van der Waals surface area (Å²) in [7, 11) is -2.99. The molecule has 76 valence electrons. The fraction of sp³-hybridized carbons (Fsp3) is 0.889. The van der Waals surface area contributed by atoms with E-state index < -0.39 is 14.6 Å². The molecule has 3 nitrogen and oxygen atoms in total. The summed E-state index contributed by atoms with van der Waals surface area (Å²) in [6.07, 6.45) is 1.47. The van der Waals surface area contributed by atoms with Crippen LogP contribution < -0.4 is 0 Å². The van der Waals surface area contributed by atoms with Crippen molar-refractivity contribution in [2.45, 2.75) is 31.9 Å². The van der Waals surface area contributed by atoms with Crippen LogP contribution in [0.2, 0.25) is 0 Å². The Morgan fingerprint density at radius 2 is 2.00 bits per heavy atom. The molecule has 0 saturated carbocycles. The third-order valence-corrected chi connectivity index (χ3v) is 5.92.